The molecule has 0 spiro atoms. The van der Waals surface area contributed by atoms with Crippen molar-refractivity contribution in [2.45, 2.75) is 65.1 Å². The molecule has 1 aromatic carbocycles. The molecule has 3 rings (SSSR count). The summed E-state index contributed by atoms with van der Waals surface area (Å²) in [6, 6.07) is 9.28. The zero-order chi connectivity index (χ0) is 20.7. The first-order valence-electron chi connectivity index (χ1n) is 9.57. The number of nitrogens with zero attached hydrogens (tertiary/aromatic N) is 1. The minimum atomic E-state index is -1.04. The first-order valence-corrected chi connectivity index (χ1v) is 9.57. The highest BCUT2D eigenvalue weighted by Crippen LogP contribution is 2.40. The molecule has 0 saturated carbocycles. The van der Waals surface area contributed by atoms with Crippen LogP contribution in [0.25, 0.3) is 0 Å². The van der Waals surface area contributed by atoms with Gasteiger partial charge < -0.3 is 9.47 Å². The van der Waals surface area contributed by atoms with Gasteiger partial charge in [-0.2, -0.15) is 0 Å². The standard InChI is InChI=1S/C23H27NO4/c1-7-15-8-9-16(27-18-12-14(2)10-11-24-18)13-17(15)19-20(25)22(3,4)28-23(5,6)21(19)26/h8-13,19H,7H2,1-6H3. The third-order valence-corrected chi connectivity index (χ3v) is 5.14. The summed E-state index contributed by atoms with van der Waals surface area (Å²) in [7, 11) is 0. The Hall–Kier alpha value is -2.53. The van der Waals surface area contributed by atoms with E-state index in [1.54, 1.807) is 40.0 Å². The lowest BCUT2D eigenvalue weighted by Gasteiger charge is -2.43. The Morgan fingerprint density at radius 1 is 1.04 bits per heavy atom. The highest BCUT2D eigenvalue weighted by Gasteiger charge is 2.53. The summed E-state index contributed by atoms with van der Waals surface area (Å²) in [5.74, 6) is -0.300. The molecular formula is C23H27NO4. The van der Waals surface area contributed by atoms with Crippen LogP contribution in [0.3, 0.4) is 0 Å². The van der Waals surface area contributed by atoms with Gasteiger partial charge in [-0.25, -0.2) is 4.98 Å². The molecule has 0 aliphatic carbocycles. The Bertz CT molecular complexity index is 904. The predicted molar refractivity (Wildman–Crippen MR) is 107 cm³/mol. The quantitative estimate of drug-likeness (QED) is 0.727. The van der Waals surface area contributed by atoms with Crippen LogP contribution in [0.4, 0.5) is 0 Å². The van der Waals surface area contributed by atoms with Crippen LogP contribution in [0.15, 0.2) is 36.5 Å². The van der Waals surface area contributed by atoms with Gasteiger partial charge in [0.25, 0.3) is 0 Å². The molecule has 1 fully saturated rings. The fourth-order valence-corrected chi connectivity index (χ4v) is 3.75. The number of aromatic nitrogens is 1. The fourth-order valence-electron chi connectivity index (χ4n) is 3.75. The summed E-state index contributed by atoms with van der Waals surface area (Å²) < 4.78 is 11.7. The van der Waals surface area contributed by atoms with Crippen LogP contribution in [0.2, 0.25) is 0 Å². The lowest BCUT2D eigenvalue weighted by Crippen LogP contribution is -2.58. The van der Waals surface area contributed by atoms with Crippen molar-refractivity contribution in [3.63, 3.8) is 0 Å². The van der Waals surface area contributed by atoms with Crippen molar-refractivity contribution in [1.29, 1.82) is 0 Å². The molecule has 0 amide bonds. The molecule has 0 unspecified atom stereocenters. The first kappa shape index (κ1) is 20.2. The van der Waals surface area contributed by atoms with Crippen molar-refractivity contribution < 1.29 is 19.1 Å². The molecule has 1 aliphatic heterocycles. The molecule has 5 heteroatoms. The molecule has 0 bridgehead atoms. The van der Waals surface area contributed by atoms with E-state index in [1.165, 1.54) is 0 Å². The Morgan fingerprint density at radius 2 is 1.68 bits per heavy atom. The van der Waals surface area contributed by atoms with E-state index in [0.29, 0.717) is 23.6 Å². The number of Topliss-reactive ketones (excluding diaryl/α,β-unsaturated/α-hetero) is 2. The largest absolute Gasteiger partial charge is 0.439 e. The molecule has 2 aromatic rings. The van der Waals surface area contributed by atoms with Gasteiger partial charge in [-0.1, -0.05) is 13.0 Å². The number of hydrogen-bond donors (Lipinski definition) is 0. The maximum Gasteiger partial charge on any atom is 0.219 e. The summed E-state index contributed by atoms with van der Waals surface area (Å²) in [6.45, 7) is 10.9. The van der Waals surface area contributed by atoms with Crippen molar-refractivity contribution in [2.24, 2.45) is 0 Å². The van der Waals surface area contributed by atoms with Gasteiger partial charge in [0.1, 0.15) is 22.9 Å². The van der Waals surface area contributed by atoms with Crippen LogP contribution in [0.1, 0.15) is 57.2 Å². The molecule has 0 atom stereocenters. The van der Waals surface area contributed by atoms with Crippen molar-refractivity contribution in [2.75, 3.05) is 0 Å². The zero-order valence-corrected chi connectivity index (χ0v) is 17.3. The van der Waals surface area contributed by atoms with Gasteiger partial charge in [0.2, 0.25) is 5.88 Å². The topological polar surface area (TPSA) is 65.5 Å². The summed E-state index contributed by atoms with van der Waals surface area (Å²) in [5.41, 5.74) is 0.593. The smallest absolute Gasteiger partial charge is 0.219 e. The molecule has 1 aromatic heterocycles. The third-order valence-electron chi connectivity index (χ3n) is 5.14. The molecular weight excluding hydrogens is 354 g/mol. The van der Waals surface area contributed by atoms with E-state index in [0.717, 1.165) is 11.1 Å². The molecule has 148 valence electrons. The number of aryl methyl sites for hydroxylation is 2. The second kappa shape index (κ2) is 7.13. The monoisotopic (exact) mass is 381 g/mol. The second-order valence-electron chi connectivity index (χ2n) is 8.27. The maximum atomic E-state index is 13.1. The predicted octanol–water partition coefficient (Wildman–Crippen LogP) is 4.55. The Balaban J connectivity index is 2.06. The number of pyridine rings is 1. The normalized spacial score (nSPS) is 18.9. The zero-order valence-electron chi connectivity index (χ0n) is 17.3. The van der Waals surface area contributed by atoms with Crippen LogP contribution in [0, 0.1) is 6.92 Å². The molecule has 0 radical (unpaired) electrons. The summed E-state index contributed by atoms with van der Waals surface area (Å²) in [4.78, 5) is 30.5. The maximum absolute atomic E-state index is 13.1. The number of hydrogen-bond acceptors (Lipinski definition) is 5. The SMILES string of the molecule is CCc1ccc(Oc2cc(C)ccn2)cc1C1C(=O)C(C)(C)OC(C)(C)C1=O. The summed E-state index contributed by atoms with van der Waals surface area (Å²) in [6.07, 6.45) is 2.39. The molecule has 0 N–H and O–H groups in total. The number of benzene rings is 1. The minimum absolute atomic E-state index is 0.225. The number of carbonyl (C=O) groups excluding carboxylic acids is 2. The number of ether oxygens (including phenoxy) is 2. The van der Waals surface area contributed by atoms with Crippen molar-refractivity contribution in [1.82, 2.24) is 4.98 Å². The highest BCUT2D eigenvalue weighted by molar-refractivity contribution is 6.15. The van der Waals surface area contributed by atoms with Crippen LogP contribution >= 0.6 is 0 Å². The van der Waals surface area contributed by atoms with Gasteiger partial charge in [-0.15, -0.1) is 0 Å². The van der Waals surface area contributed by atoms with E-state index in [-0.39, 0.29) is 11.6 Å². The molecule has 5 nitrogen and oxygen atoms in total. The van der Waals surface area contributed by atoms with E-state index in [1.807, 2.05) is 38.1 Å². The van der Waals surface area contributed by atoms with E-state index in [2.05, 4.69) is 4.98 Å². The average molecular weight is 381 g/mol. The summed E-state index contributed by atoms with van der Waals surface area (Å²) >= 11 is 0. The van der Waals surface area contributed by atoms with Gasteiger partial charge in [-0.05, 0) is 75.9 Å². The lowest BCUT2D eigenvalue weighted by atomic mass is 9.73. The van der Waals surface area contributed by atoms with Gasteiger partial charge in [-0.3, -0.25) is 9.59 Å². The van der Waals surface area contributed by atoms with Gasteiger partial charge in [0.15, 0.2) is 11.6 Å². The lowest BCUT2D eigenvalue weighted by molar-refractivity contribution is -0.184. The molecule has 2 heterocycles. The number of ketones is 2. The van der Waals surface area contributed by atoms with Crippen LogP contribution in [-0.2, 0) is 20.7 Å². The molecule has 1 aliphatic rings. The Kier molecular flexibility index (Phi) is 5.15. The van der Waals surface area contributed by atoms with Gasteiger partial charge in [0.05, 0.1) is 0 Å². The Morgan fingerprint density at radius 3 is 2.25 bits per heavy atom. The van der Waals surface area contributed by atoms with Crippen LogP contribution < -0.4 is 4.74 Å². The van der Waals surface area contributed by atoms with Crippen molar-refractivity contribution in [3.05, 3.63) is 53.2 Å². The third kappa shape index (κ3) is 3.72. The Labute approximate surface area is 166 Å². The van der Waals surface area contributed by atoms with Gasteiger partial charge in [0, 0.05) is 12.3 Å². The molecule has 28 heavy (non-hydrogen) atoms. The van der Waals surface area contributed by atoms with E-state index >= 15 is 0 Å². The van der Waals surface area contributed by atoms with E-state index in [4.69, 9.17) is 9.47 Å². The fraction of sp³-hybridized carbons (Fsp3) is 0.435. The van der Waals surface area contributed by atoms with Crippen molar-refractivity contribution >= 4 is 11.6 Å². The number of rotatable bonds is 4. The number of carbonyl (C=O) groups is 2. The van der Waals surface area contributed by atoms with E-state index in [9.17, 15) is 9.59 Å². The first-order chi connectivity index (χ1) is 13.0. The van der Waals surface area contributed by atoms with Gasteiger partial charge >= 0.3 is 0 Å². The highest BCUT2D eigenvalue weighted by atomic mass is 16.5. The second-order valence-corrected chi connectivity index (χ2v) is 8.27. The molecule has 1 saturated heterocycles. The van der Waals surface area contributed by atoms with E-state index < -0.39 is 17.1 Å². The van der Waals surface area contributed by atoms with Crippen LogP contribution in [0.5, 0.6) is 11.6 Å². The average Bonchev–Trinajstić information content (AvgIpc) is 2.60. The summed E-state index contributed by atoms with van der Waals surface area (Å²) in [5, 5.41) is 0. The van der Waals surface area contributed by atoms with Crippen molar-refractivity contribution in [3.8, 4) is 11.6 Å². The van der Waals surface area contributed by atoms with Crippen LogP contribution in [-0.4, -0.2) is 27.8 Å². The minimum Gasteiger partial charge on any atom is -0.439 e.